The number of anilines is 1. The number of ether oxygens (including phenoxy) is 2. The summed E-state index contributed by atoms with van der Waals surface area (Å²) in [6.45, 7) is 4.46. The van der Waals surface area contributed by atoms with Crippen molar-refractivity contribution in [2.24, 2.45) is 0 Å². The molecule has 2 N–H and O–H groups in total. The van der Waals surface area contributed by atoms with Crippen LogP contribution in [0.15, 0.2) is 59.8 Å². The summed E-state index contributed by atoms with van der Waals surface area (Å²) in [5.74, 6) is -0.633. The first-order chi connectivity index (χ1) is 16.8. The normalized spacial score (nSPS) is 15.6. The second kappa shape index (κ2) is 12.5. The van der Waals surface area contributed by atoms with Gasteiger partial charge < -0.3 is 25.0 Å². The average Bonchev–Trinajstić information content (AvgIpc) is 2.86. The van der Waals surface area contributed by atoms with E-state index in [1.54, 1.807) is 19.1 Å². The van der Waals surface area contributed by atoms with Crippen molar-refractivity contribution in [3.63, 3.8) is 0 Å². The number of hydrogen-bond donors (Lipinski definition) is 2. The van der Waals surface area contributed by atoms with Gasteiger partial charge in [-0.25, -0.2) is 4.79 Å². The van der Waals surface area contributed by atoms with Crippen molar-refractivity contribution < 1.29 is 19.1 Å². The summed E-state index contributed by atoms with van der Waals surface area (Å²) in [6, 6.07) is 14.6. The molecular weight excluding hydrogens is 462 g/mol. The van der Waals surface area contributed by atoms with Crippen LogP contribution in [0.2, 0.25) is 0 Å². The minimum atomic E-state index is -0.511. The maximum atomic E-state index is 12.9. The molecule has 8 heteroatoms. The highest BCUT2D eigenvalue weighted by atomic mass is 32.1. The van der Waals surface area contributed by atoms with E-state index >= 15 is 0 Å². The molecule has 1 aliphatic rings. The molecule has 0 bridgehead atoms. The predicted molar refractivity (Wildman–Crippen MR) is 141 cm³/mol. The van der Waals surface area contributed by atoms with E-state index in [1.165, 1.54) is 5.56 Å². The van der Waals surface area contributed by atoms with Gasteiger partial charge in [-0.05, 0) is 67.4 Å². The van der Waals surface area contributed by atoms with E-state index in [4.69, 9.17) is 21.7 Å². The molecule has 0 radical (unpaired) electrons. The Morgan fingerprint density at radius 1 is 1.14 bits per heavy atom. The lowest BCUT2D eigenvalue weighted by Crippen LogP contribution is -2.46. The summed E-state index contributed by atoms with van der Waals surface area (Å²) >= 11 is 5.47. The summed E-state index contributed by atoms with van der Waals surface area (Å²) < 4.78 is 10.4. The van der Waals surface area contributed by atoms with E-state index in [9.17, 15) is 9.59 Å². The zero-order chi connectivity index (χ0) is 25.4. The number of thiocarbonyl (C=S) groups is 1. The Labute approximate surface area is 212 Å². The van der Waals surface area contributed by atoms with Crippen LogP contribution in [-0.4, -0.2) is 49.3 Å². The lowest BCUT2D eigenvalue weighted by atomic mass is 9.94. The van der Waals surface area contributed by atoms with Crippen LogP contribution in [0.1, 0.15) is 54.2 Å². The molecular formula is C27H33N3O4S. The molecule has 0 spiro atoms. The van der Waals surface area contributed by atoms with Crippen LogP contribution in [-0.2, 0) is 20.7 Å². The van der Waals surface area contributed by atoms with Gasteiger partial charge in [0.1, 0.15) is 6.61 Å². The molecule has 0 fully saturated rings. The quantitative estimate of drug-likeness (QED) is 0.283. The summed E-state index contributed by atoms with van der Waals surface area (Å²) in [4.78, 5) is 27.5. The van der Waals surface area contributed by atoms with Gasteiger partial charge in [0.2, 0.25) is 0 Å². The third-order valence-electron chi connectivity index (χ3n) is 6.01. The molecule has 1 aliphatic heterocycles. The number of unbranched alkanes of at least 4 members (excludes halogenated alkanes) is 1. The fraction of sp³-hybridized carbons (Fsp3) is 0.370. The van der Waals surface area contributed by atoms with Crippen LogP contribution in [0.5, 0.6) is 0 Å². The zero-order valence-corrected chi connectivity index (χ0v) is 21.5. The third kappa shape index (κ3) is 6.68. The number of methoxy groups -OCH3 is 1. The molecule has 2 aromatic carbocycles. The molecule has 1 heterocycles. The van der Waals surface area contributed by atoms with Crippen LogP contribution in [0.25, 0.3) is 0 Å². The predicted octanol–water partition coefficient (Wildman–Crippen LogP) is 4.61. The van der Waals surface area contributed by atoms with Gasteiger partial charge >= 0.3 is 5.97 Å². The van der Waals surface area contributed by atoms with E-state index in [0.29, 0.717) is 34.2 Å². The molecule has 0 saturated heterocycles. The third-order valence-corrected chi connectivity index (χ3v) is 6.40. The maximum Gasteiger partial charge on any atom is 0.338 e. The molecule has 1 atom stereocenters. The number of benzene rings is 2. The standard InChI is InChI=1S/C27H33N3O4S/c1-5-6-8-19-11-13-20(14-12-19)25(31)28-22-10-7-9-21(17-22)24-23(26(32)34-16-15-33-4)18(2)30(3)27(35)29-24/h7,9-14,17,24H,5-6,8,15-16H2,1-4H3,(H,28,31)(H,29,35). The van der Waals surface area contributed by atoms with E-state index in [-0.39, 0.29) is 12.5 Å². The molecule has 3 rings (SSSR count). The first-order valence-electron chi connectivity index (χ1n) is 11.8. The Balaban J connectivity index is 1.81. The average molecular weight is 496 g/mol. The molecule has 35 heavy (non-hydrogen) atoms. The van der Waals surface area contributed by atoms with E-state index in [0.717, 1.165) is 24.8 Å². The van der Waals surface area contributed by atoms with E-state index < -0.39 is 12.0 Å². The van der Waals surface area contributed by atoms with Crippen molar-refractivity contribution in [2.45, 2.75) is 39.2 Å². The highest BCUT2D eigenvalue weighted by molar-refractivity contribution is 7.80. The highest BCUT2D eigenvalue weighted by Crippen LogP contribution is 2.32. The van der Waals surface area contributed by atoms with Crippen molar-refractivity contribution in [2.75, 3.05) is 32.7 Å². The fourth-order valence-corrected chi connectivity index (χ4v) is 4.10. The van der Waals surface area contributed by atoms with Gasteiger partial charge in [-0.1, -0.05) is 37.6 Å². The van der Waals surface area contributed by atoms with Crippen LogP contribution in [0, 0.1) is 0 Å². The van der Waals surface area contributed by atoms with Gasteiger partial charge in [-0.15, -0.1) is 0 Å². The topological polar surface area (TPSA) is 79.9 Å². The van der Waals surface area contributed by atoms with E-state index in [2.05, 4.69) is 17.6 Å². The second-order valence-electron chi connectivity index (χ2n) is 8.45. The Morgan fingerprint density at radius 2 is 1.89 bits per heavy atom. The van der Waals surface area contributed by atoms with Crippen LogP contribution < -0.4 is 10.6 Å². The summed E-state index contributed by atoms with van der Waals surface area (Å²) in [6.07, 6.45) is 3.27. The van der Waals surface area contributed by atoms with Crippen molar-refractivity contribution in [1.82, 2.24) is 10.2 Å². The lowest BCUT2D eigenvalue weighted by Gasteiger charge is -2.35. The van der Waals surface area contributed by atoms with Gasteiger partial charge in [-0.2, -0.15) is 0 Å². The van der Waals surface area contributed by atoms with Crippen molar-refractivity contribution in [3.05, 3.63) is 76.5 Å². The molecule has 1 amide bonds. The molecule has 0 aromatic heterocycles. The number of hydrogen-bond acceptors (Lipinski definition) is 5. The maximum absolute atomic E-state index is 12.9. The van der Waals surface area contributed by atoms with Crippen LogP contribution in [0.4, 0.5) is 5.69 Å². The van der Waals surface area contributed by atoms with Gasteiger partial charge in [0.15, 0.2) is 5.11 Å². The summed E-state index contributed by atoms with van der Waals surface area (Å²) in [7, 11) is 3.35. The Bertz CT molecular complexity index is 1100. The smallest absolute Gasteiger partial charge is 0.338 e. The van der Waals surface area contributed by atoms with Crippen molar-refractivity contribution in [3.8, 4) is 0 Å². The number of nitrogens with one attached hydrogen (secondary N) is 2. The lowest BCUT2D eigenvalue weighted by molar-refractivity contribution is -0.140. The molecule has 0 aliphatic carbocycles. The monoisotopic (exact) mass is 495 g/mol. The summed E-state index contributed by atoms with van der Waals surface area (Å²) in [5, 5.41) is 6.68. The number of carbonyl (C=O) groups is 2. The molecule has 2 aromatic rings. The number of aryl methyl sites for hydroxylation is 1. The highest BCUT2D eigenvalue weighted by Gasteiger charge is 2.33. The second-order valence-corrected chi connectivity index (χ2v) is 8.84. The minimum absolute atomic E-state index is 0.153. The Hall–Kier alpha value is -3.23. The van der Waals surface area contributed by atoms with Crippen LogP contribution >= 0.6 is 12.2 Å². The van der Waals surface area contributed by atoms with Gasteiger partial charge in [0.05, 0.1) is 18.2 Å². The number of amides is 1. The Morgan fingerprint density at radius 3 is 2.57 bits per heavy atom. The van der Waals surface area contributed by atoms with Crippen LogP contribution in [0.3, 0.4) is 0 Å². The molecule has 186 valence electrons. The number of esters is 1. The number of carbonyl (C=O) groups excluding carboxylic acids is 2. The van der Waals surface area contributed by atoms with Crippen molar-refractivity contribution >= 4 is 34.9 Å². The number of nitrogens with zero attached hydrogens (tertiary/aromatic N) is 1. The Kier molecular flexibility index (Phi) is 9.39. The largest absolute Gasteiger partial charge is 0.460 e. The van der Waals surface area contributed by atoms with Gasteiger partial charge in [-0.3, -0.25) is 4.79 Å². The van der Waals surface area contributed by atoms with Crippen molar-refractivity contribution in [1.29, 1.82) is 0 Å². The molecule has 0 saturated carbocycles. The zero-order valence-electron chi connectivity index (χ0n) is 20.7. The first-order valence-corrected chi connectivity index (χ1v) is 12.2. The minimum Gasteiger partial charge on any atom is -0.460 e. The SMILES string of the molecule is CCCCc1ccc(C(=O)Nc2cccc(C3NC(=S)N(C)C(C)=C3C(=O)OCCOC)c2)cc1. The van der Waals surface area contributed by atoms with Gasteiger partial charge in [0, 0.05) is 31.1 Å². The van der Waals surface area contributed by atoms with E-state index in [1.807, 2.05) is 55.5 Å². The van der Waals surface area contributed by atoms with Gasteiger partial charge in [0.25, 0.3) is 5.91 Å². The fourth-order valence-electron chi connectivity index (χ4n) is 3.85. The number of allylic oxidation sites excluding steroid dienone is 1. The summed E-state index contributed by atoms with van der Waals surface area (Å²) in [5.41, 5.74) is 4.39. The molecule has 7 nitrogen and oxygen atoms in total. The molecule has 1 unspecified atom stereocenters. The number of rotatable bonds is 10. The first kappa shape index (κ1) is 26.4.